The lowest BCUT2D eigenvalue weighted by atomic mass is 9.63. The molecule has 0 aromatic heterocycles. The third-order valence-electron chi connectivity index (χ3n) is 6.19. The number of ether oxygens (including phenoxy) is 1. The molecule has 2 aromatic carbocycles. The molecule has 1 fully saturated rings. The zero-order chi connectivity index (χ0) is 20.6. The lowest BCUT2D eigenvalue weighted by Gasteiger charge is -2.43. The molecule has 1 saturated carbocycles. The molecule has 2 aliphatic carbocycles. The molecule has 152 valence electrons. The van der Waals surface area contributed by atoms with Crippen LogP contribution in [0, 0.1) is 11.3 Å². The standard InChI is InChI=1S/C24H27NO4/c1-24(2)12-15(13-24)11-21(22(26)27)25-23(28)29-14-20-18-9-5-3-7-16(18)17-8-4-6-10-19(17)20/h3-10,15,20-21H,11-14H2,1-2H3,(H,25,28)(H,26,27)/t21-/m0/s1. The van der Waals surface area contributed by atoms with Crippen molar-refractivity contribution < 1.29 is 19.4 Å². The van der Waals surface area contributed by atoms with Crippen LogP contribution in [0.1, 0.15) is 50.2 Å². The summed E-state index contributed by atoms with van der Waals surface area (Å²) in [5.41, 5.74) is 4.86. The van der Waals surface area contributed by atoms with Crippen LogP contribution in [0.2, 0.25) is 0 Å². The molecule has 0 spiro atoms. The first-order chi connectivity index (χ1) is 13.8. The largest absolute Gasteiger partial charge is 0.480 e. The van der Waals surface area contributed by atoms with Gasteiger partial charge >= 0.3 is 12.1 Å². The molecule has 0 bridgehead atoms. The van der Waals surface area contributed by atoms with Crippen molar-refractivity contribution in [2.75, 3.05) is 6.61 Å². The molecule has 2 N–H and O–H groups in total. The van der Waals surface area contributed by atoms with Gasteiger partial charge in [0.15, 0.2) is 0 Å². The molecule has 1 amide bonds. The summed E-state index contributed by atoms with van der Waals surface area (Å²) >= 11 is 0. The van der Waals surface area contributed by atoms with Gasteiger partial charge in [-0.25, -0.2) is 9.59 Å². The molecule has 0 radical (unpaired) electrons. The Hall–Kier alpha value is -2.82. The van der Waals surface area contributed by atoms with E-state index in [1.807, 2.05) is 24.3 Å². The number of amides is 1. The minimum absolute atomic E-state index is 0.0381. The van der Waals surface area contributed by atoms with Gasteiger partial charge in [-0.1, -0.05) is 62.4 Å². The highest BCUT2D eigenvalue weighted by molar-refractivity contribution is 5.81. The van der Waals surface area contributed by atoms with Crippen molar-refractivity contribution in [2.45, 2.75) is 45.1 Å². The van der Waals surface area contributed by atoms with E-state index in [0.717, 1.165) is 35.1 Å². The molecule has 29 heavy (non-hydrogen) atoms. The Morgan fingerprint density at radius 1 is 1.07 bits per heavy atom. The minimum Gasteiger partial charge on any atom is -0.480 e. The minimum atomic E-state index is -1.01. The Morgan fingerprint density at radius 2 is 1.62 bits per heavy atom. The summed E-state index contributed by atoms with van der Waals surface area (Å²) < 4.78 is 5.48. The summed E-state index contributed by atoms with van der Waals surface area (Å²) in [4.78, 5) is 23.9. The Kier molecular flexibility index (Phi) is 5.07. The van der Waals surface area contributed by atoms with Gasteiger partial charge in [0.1, 0.15) is 12.6 Å². The van der Waals surface area contributed by atoms with Gasteiger partial charge in [0.05, 0.1) is 0 Å². The van der Waals surface area contributed by atoms with Crippen molar-refractivity contribution in [1.29, 1.82) is 0 Å². The maximum atomic E-state index is 12.4. The third-order valence-corrected chi connectivity index (χ3v) is 6.19. The number of carboxylic acids is 1. The quantitative estimate of drug-likeness (QED) is 0.739. The van der Waals surface area contributed by atoms with Crippen LogP contribution in [-0.2, 0) is 9.53 Å². The second-order valence-electron chi connectivity index (χ2n) is 9.03. The predicted molar refractivity (Wildman–Crippen MR) is 111 cm³/mol. The number of fused-ring (bicyclic) bond motifs is 3. The van der Waals surface area contributed by atoms with E-state index in [-0.39, 0.29) is 17.9 Å². The van der Waals surface area contributed by atoms with Gasteiger partial charge in [-0.05, 0) is 52.8 Å². The zero-order valence-corrected chi connectivity index (χ0v) is 16.9. The number of carboxylic acid groups (broad SMARTS) is 1. The number of rotatable bonds is 6. The highest BCUT2D eigenvalue weighted by atomic mass is 16.5. The lowest BCUT2D eigenvalue weighted by Crippen LogP contribution is -2.45. The molecule has 0 aliphatic heterocycles. The van der Waals surface area contributed by atoms with E-state index < -0.39 is 18.1 Å². The average molecular weight is 393 g/mol. The molecule has 5 heteroatoms. The van der Waals surface area contributed by atoms with Crippen molar-refractivity contribution in [3.05, 3.63) is 59.7 Å². The number of nitrogens with one attached hydrogen (secondary N) is 1. The number of carbonyl (C=O) groups is 2. The van der Waals surface area contributed by atoms with Crippen LogP contribution in [0.5, 0.6) is 0 Å². The smallest absolute Gasteiger partial charge is 0.407 e. The van der Waals surface area contributed by atoms with Crippen molar-refractivity contribution in [3.8, 4) is 11.1 Å². The highest BCUT2D eigenvalue weighted by Crippen LogP contribution is 2.47. The first-order valence-electron chi connectivity index (χ1n) is 10.2. The van der Waals surface area contributed by atoms with Crippen molar-refractivity contribution in [2.24, 2.45) is 11.3 Å². The van der Waals surface area contributed by atoms with Gasteiger partial charge in [-0.15, -0.1) is 0 Å². The van der Waals surface area contributed by atoms with E-state index in [2.05, 4.69) is 43.4 Å². The molecular formula is C24H27NO4. The van der Waals surface area contributed by atoms with Crippen molar-refractivity contribution >= 4 is 12.1 Å². The Morgan fingerprint density at radius 3 is 2.14 bits per heavy atom. The summed E-state index contributed by atoms with van der Waals surface area (Å²) in [6, 6.07) is 15.3. The van der Waals surface area contributed by atoms with Crippen LogP contribution < -0.4 is 5.32 Å². The molecular weight excluding hydrogens is 366 g/mol. The van der Waals surface area contributed by atoms with Crippen LogP contribution in [0.15, 0.2) is 48.5 Å². The molecule has 4 rings (SSSR count). The third kappa shape index (κ3) is 4.00. The molecule has 0 saturated heterocycles. The van der Waals surface area contributed by atoms with E-state index >= 15 is 0 Å². The summed E-state index contributed by atoms with van der Waals surface area (Å²) in [7, 11) is 0. The van der Waals surface area contributed by atoms with E-state index in [0.29, 0.717) is 12.3 Å². The number of carbonyl (C=O) groups excluding carboxylic acids is 1. The second-order valence-corrected chi connectivity index (χ2v) is 9.03. The van der Waals surface area contributed by atoms with Crippen LogP contribution in [-0.4, -0.2) is 29.8 Å². The maximum absolute atomic E-state index is 12.4. The van der Waals surface area contributed by atoms with E-state index in [1.54, 1.807) is 0 Å². The summed E-state index contributed by atoms with van der Waals surface area (Å²) in [5.74, 6) is -0.716. The second kappa shape index (κ2) is 7.54. The fraction of sp³-hybridized carbons (Fsp3) is 0.417. The number of alkyl carbamates (subject to hydrolysis) is 1. The number of hydrogen-bond donors (Lipinski definition) is 2. The molecule has 5 nitrogen and oxygen atoms in total. The van der Waals surface area contributed by atoms with Gasteiger partial charge in [0.2, 0.25) is 0 Å². The van der Waals surface area contributed by atoms with Gasteiger partial charge in [-0.2, -0.15) is 0 Å². The van der Waals surface area contributed by atoms with E-state index in [9.17, 15) is 14.7 Å². The zero-order valence-electron chi connectivity index (χ0n) is 16.9. The van der Waals surface area contributed by atoms with E-state index in [4.69, 9.17) is 4.74 Å². The van der Waals surface area contributed by atoms with Crippen LogP contribution in [0.3, 0.4) is 0 Å². The topological polar surface area (TPSA) is 75.6 Å². The number of aliphatic carboxylic acids is 1. The fourth-order valence-corrected chi connectivity index (χ4v) is 5.01. The van der Waals surface area contributed by atoms with Gasteiger partial charge in [0, 0.05) is 5.92 Å². The van der Waals surface area contributed by atoms with Gasteiger partial charge in [0.25, 0.3) is 0 Å². The lowest BCUT2D eigenvalue weighted by molar-refractivity contribution is -0.140. The monoisotopic (exact) mass is 393 g/mol. The molecule has 0 unspecified atom stereocenters. The van der Waals surface area contributed by atoms with Crippen LogP contribution in [0.25, 0.3) is 11.1 Å². The summed E-state index contributed by atoms with van der Waals surface area (Å²) in [6.07, 6.45) is 1.76. The van der Waals surface area contributed by atoms with Crippen LogP contribution in [0.4, 0.5) is 4.79 Å². The molecule has 2 aromatic rings. The SMILES string of the molecule is CC1(C)CC(C[C@H](NC(=O)OCC2c3ccccc3-c3ccccc32)C(=O)O)C1. The van der Waals surface area contributed by atoms with Crippen molar-refractivity contribution in [1.82, 2.24) is 5.32 Å². The molecule has 2 aliphatic rings. The fourth-order valence-electron chi connectivity index (χ4n) is 5.01. The van der Waals surface area contributed by atoms with Crippen molar-refractivity contribution in [3.63, 3.8) is 0 Å². The van der Waals surface area contributed by atoms with Crippen LogP contribution >= 0.6 is 0 Å². The van der Waals surface area contributed by atoms with E-state index in [1.165, 1.54) is 0 Å². The normalized spacial score (nSPS) is 18.3. The first-order valence-corrected chi connectivity index (χ1v) is 10.2. The maximum Gasteiger partial charge on any atom is 0.407 e. The Bertz CT molecular complexity index is 882. The first kappa shape index (κ1) is 19.5. The average Bonchev–Trinajstić information content (AvgIpc) is 2.98. The summed E-state index contributed by atoms with van der Waals surface area (Å²) in [6.45, 7) is 4.54. The molecule has 1 atom stereocenters. The van der Waals surface area contributed by atoms with Gasteiger partial charge < -0.3 is 15.2 Å². The molecule has 0 heterocycles. The Labute approximate surface area is 171 Å². The number of hydrogen-bond acceptors (Lipinski definition) is 3. The highest BCUT2D eigenvalue weighted by Gasteiger charge is 2.39. The number of benzene rings is 2. The van der Waals surface area contributed by atoms with Gasteiger partial charge in [-0.3, -0.25) is 0 Å². The predicted octanol–water partition coefficient (Wildman–Crippen LogP) is 4.80. The Balaban J connectivity index is 1.38. The summed E-state index contributed by atoms with van der Waals surface area (Å²) in [5, 5.41) is 12.0.